The summed E-state index contributed by atoms with van der Waals surface area (Å²) in [5, 5.41) is 3.35. The van der Waals surface area contributed by atoms with E-state index in [0.29, 0.717) is 12.5 Å². The third-order valence-corrected chi connectivity index (χ3v) is 4.60. The van der Waals surface area contributed by atoms with Gasteiger partial charge in [0.1, 0.15) is 0 Å². The van der Waals surface area contributed by atoms with Gasteiger partial charge in [0.05, 0.1) is 0 Å². The first-order valence-electron chi connectivity index (χ1n) is 7.46. The van der Waals surface area contributed by atoms with E-state index in [1.54, 1.807) is 0 Å². The molecule has 3 nitrogen and oxygen atoms in total. The SMILES string of the molecule is CCCN(C(=O)CCc1ccccc1Br)C1CCNC1. The predicted octanol–water partition coefficient (Wildman–Crippen LogP) is 2.98. The lowest BCUT2D eigenvalue weighted by molar-refractivity contribution is -0.133. The highest BCUT2D eigenvalue weighted by atomic mass is 79.9. The van der Waals surface area contributed by atoms with Gasteiger partial charge in [-0.25, -0.2) is 0 Å². The van der Waals surface area contributed by atoms with Crippen LogP contribution in [0, 0.1) is 0 Å². The number of nitrogens with zero attached hydrogens (tertiary/aromatic N) is 1. The molecule has 1 amide bonds. The van der Waals surface area contributed by atoms with Gasteiger partial charge in [-0.2, -0.15) is 0 Å². The van der Waals surface area contributed by atoms with E-state index < -0.39 is 0 Å². The highest BCUT2D eigenvalue weighted by Crippen LogP contribution is 2.19. The van der Waals surface area contributed by atoms with E-state index in [1.165, 1.54) is 5.56 Å². The molecule has 1 atom stereocenters. The van der Waals surface area contributed by atoms with Crippen LogP contribution in [0.4, 0.5) is 0 Å². The summed E-state index contributed by atoms with van der Waals surface area (Å²) in [6, 6.07) is 8.53. The fraction of sp³-hybridized carbons (Fsp3) is 0.562. The Morgan fingerprint density at radius 1 is 1.45 bits per heavy atom. The van der Waals surface area contributed by atoms with Gasteiger partial charge in [0, 0.05) is 30.0 Å². The zero-order valence-corrected chi connectivity index (χ0v) is 13.7. The van der Waals surface area contributed by atoms with Gasteiger partial charge in [0.2, 0.25) is 5.91 Å². The number of hydrogen-bond donors (Lipinski definition) is 1. The van der Waals surface area contributed by atoms with Crippen LogP contribution >= 0.6 is 15.9 Å². The largest absolute Gasteiger partial charge is 0.338 e. The molecular formula is C16H23BrN2O. The maximum atomic E-state index is 12.5. The summed E-state index contributed by atoms with van der Waals surface area (Å²) in [7, 11) is 0. The van der Waals surface area contributed by atoms with Gasteiger partial charge in [-0.05, 0) is 37.4 Å². The molecule has 1 aliphatic heterocycles. The Kier molecular flexibility index (Phi) is 6.05. The molecule has 4 heteroatoms. The van der Waals surface area contributed by atoms with Gasteiger partial charge < -0.3 is 10.2 Å². The topological polar surface area (TPSA) is 32.3 Å². The summed E-state index contributed by atoms with van der Waals surface area (Å²) >= 11 is 3.55. The van der Waals surface area contributed by atoms with E-state index in [2.05, 4.69) is 39.1 Å². The molecule has 0 aromatic heterocycles. The van der Waals surface area contributed by atoms with Crippen molar-refractivity contribution >= 4 is 21.8 Å². The van der Waals surface area contributed by atoms with Crippen molar-refractivity contribution in [2.24, 2.45) is 0 Å². The van der Waals surface area contributed by atoms with E-state index in [1.807, 2.05) is 18.2 Å². The lowest BCUT2D eigenvalue weighted by Crippen LogP contribution is -2.42. The summed E-state index contributed by atoms with van der Waals surface area (Å²) in [6.07, 6.45) is 3.51. The average Bonchev–Trinajstić information content (AvgIpc) is 2.97. The monoisotopic (exact) mass is 338 g/mol. The van der Waals surface area contributed by atoms with Gasteiger partial charge in [-0.1, -0.05) is 41.1 Å². The second-order valence-electron chi connectivity index (χ2n) is 5.33. The number of amides is 1. The zero-order chi connectivity index (χ0) is 14.4. The highest BCUT2D eigenvalue weighted by molar-refractivity contribution is 9.10. The normalized spacial score (nSPS) is 18.2. The summed E-state index contributed by atoms with van der Waals surface area (Å²) in [5.41, 5.74) is 1.21. The summed E-state index contributed by atoms with van der Waals surface area (Å²) in [6.45, 7) is 4.99. The number of halogens is 1. The Morgan fingerprint density at radius 3 is 2.90 bits per heavy atom. The minimum atomic E-state index is 0.288. The molecule has 1 saturated heterocycles. The van der Waals surface area contributed by atoms with Crippen LogP contribution in [0.5, 0.6) is 0 Å². The van der Waals surface area contributed by atoms with Crippen LogP contribution in [-0.2, 0) is 11.2 Å². The fourth-order valence-corrected chi connectivity index (χ4v) is 3.23. The maximum absolute atomic E-state index is 12.5. The van der Waals surface area contributed by atoms with E-state index in [9.17, 15) is 4.79 Å². The van der Waals surface area contributed by atoms with Crippen molar-refractivity contribution in [3.63, 3.8) is 0 Å². The second kappa shape index (κ2) is 7.79. The molecule has 1 N–H and O–H groups in total. The molecule has 20 heavy (non-hydrogen) atoms. The standard InChI is InChI=1S/C16H23BrN2O/c1-2-11-19(14-9-10-18-12-14)16(20)8-7-13-5-3-4-6-15(13)17/h3-6,14,18H,2,7-12H2,1H3. The molecular weight excluding hydrogens is 316 g/mol. The van der Waals surface area contributed by atoms with Crippen LogP contribution in [-0.4, -0.2) is 36.5 Å². The molecule has 1 aromatic rings. The first-order chi connectivity index (χ1) is 9.72. The Bertz CT molecular complexity index is 444. The van der Waals surface area contributed by atoms with Gasteiger partial charge in [-0.3, -0.25) is 4.79 Å². The van der Waals surface area contributed by atoms with Crippen molar-refractivity contribution < 1.29 is 4.79 Å². The number of carbonyl (C=O) groups is 1. The Labute approximate surface area is 129 Å². The lowest BCUT2D eigenvalue weighted by Gasteiger charge is -2.28. The predicted molar refractivity (Wildman–Crippen MR) is 85.7 cm³/mol. The Morgan fingerprint density at radius 2 is 2.25 bits per heavy atom. The molecule has 2 rings (SSSR count). The Hall–Kier alpha value is -0.870. The molecule has 0 radical (unpaired) electrons. The second-order valence-corrected chi connectivity index (χ2v) is 6.18. The van der Waals surface area contributed by atoms with E-state index >= 15 is 0 Å². The number of aryl methyl sites for hydroxylation is 1. The third-order valence-electron chi connectivity index (χ3n) is 3.83. The van der Waals surface area contributed by atoms with Crippen LogP contribution in [0.2, 0.25) is 0 Å². The zero-order valence-electron chi connectivity index (χ0n) is 12.1. The van der Waals surface area contributed by atoms with Gasteiger partial charge in [0.25, 0.3) is 0 Å². The van der Waals surface area contributed by atoms with Crippen molar-refractivity contribution in [2.45, 2.75) is 38.6 Å². The minimum Gasteiger partial charge on any atom is -0.338 e. The van der Waals surface area contributed by atoms with Crippen molar-refractivity contribution in [1.82, 2.24) is 10.2 Å². The molecule has 1 aromatic carbocycles. The van der Waals surface area contributed by atoms with Crippen LogP contribution in [0.3, 0.4) is 0 Å². The van der Waals surface area contributed by atoms with Crippen LogP contribution < -0.4 is 5.32 Å². The van der Waals surface area contributed by atoms with Crippen LogP contribution in [0.15, 0.2) is 28.7 Å². The number of carbonyl (C=O) groups excluding carboxylic acids is 1. The van der Waals surface area contributed by atoms with E-state index in [4.69, 9.17) is 0 Å². The van der Waals surface area contributed by atoms with Gasteiger partial charge >= 0.3 is 0 Å². The average molecular weight is 339 g/mol. The Balaban J connectivity index is 1.93. The van der Waals surface area contributed by atoms with Crippen LogP contribution in [0.25, 0.3) is 0 Å². The van der Waals surface area contributed by atoms with Crippen molar-refractivity contribution in [2.75, 3.05) is 19.6 Å². The molecule has 1 unspecified atom stereocenters. The molecule has 0 bridgehead atoms. The molecule has 1 fully saturated rings. The molecule has 110 valence electrons. The number of nitrogens with one attached hydrogen (secondary N) is 1. The number of hydrogen-bond acceptors (Lipinski definition) is 2. The van der Waals surface area contributed by atoms with Gasteiger partial charge in [-0.15, -0.1) is 0 Å². The number of rotatable bonds is 6. The smallest absolute Gasteiger partial charge is 0.223 e. The fourth-order valence-electron chi connectivity index (χ4n) is 2.74. The van der Waals surface area contributed by atoms with Crippen molar-refractivity contribution in [1.29, 1.82) is 0 Å². The number of benzene rings is 1. The molecule has 1 aliphatic rings. The minimum absolute atomic E-state index is 0.288. The third kappa shape index (κ3) is 4.06. The van der Waals surface area contributed by atoms with Crippen molar-refractivity contribution in [3.8, 4) is 0 Å². The molecule has 0 spiro atoms. The highest BCUT2D eigenvalue weighted by Gasteiger charge is 2.25. The lowest BCUT2D eigenvalue weighted by atomic mass is 10.1. The van der Waals surface area contributed by atoms with Crippen LogP contribution in [0.1, 0.15) is 31.7 Å². The first-order valence-corrected chi connectivity index (χ1v) is 8.25. The van der Waals surface area contributed by atoms with E-state index in [-0.39, 0.29) is 5.91 Å². The molecule has 0 saturated carbocycles. The molecule has 0 aliphatic carbocycles. The van der Waals surface area contributed by atoms with E-state index in [0.717, 1.165) is 43.4 Å². The van der Waals surface area contributed by atoms with Gasteiger partial charge in [0.15, 0.2) is 0 Å². The van der Waals surface area contributed by atoms with Crippen molar-refractivity contribution in [3.05, 3.63) is 34.3 Å². The quantitative estimate of drug-likeness (QED) is 0.864. The maximum Gasteiger partial charge on any atom is 0.223 e. The summed E-state index contributed by atoms with van der Waals surface area (Å²) in [5.74, 6) is 0.288. The molecule has 1 heterocycles. The summed E-state index contributed by atoms with van der Waals surface area (Å²) in [4.78, 5) is 14.6. The summed E-state index contributed by atoms with van der Waals surface area (Å²) < 4.78 is 1.09. The first kappa shape index (κ1) is 15.5.